The summed E-state index contributed by atoms with van der Waals surface area (Å²) in [5.74, 6) is -0.713. The minimum atomic E-state index is -3.40. The molecule has 0 spiro atoms. The summed E-state index contributed by atoms with van der Waals surface area (Å²) in [5.41, 5.74) is 0.995. The van der Waals surface area contributed by atoms with Crippen LogP contribution in [0.3, 0.4) is 0 Å². The molecule has 2 aromatic rings. The van der Waals surface area contributed by atoms with Gasteiger partial charge in [-0.25, -0.2) is 13.2 Å². The Morgan fingerprint density at radius 2 is 1.52 bits per heavy atom. The second-order valence-corrected chi connectivity index (χ2v) is 9.96. The van der Waals surface area contributed by atoms with Crippen molar-refractivity contribution in [2.24, 2.45) is 0 Å². The summed E-state index contributed by atoms with van der Waals surface area (Å²) >= 11 is 0. The highest BCUT2D eigenvalue weighted by Gasteiger charge is 2.16. The van der Waals surface area contributed by atoms with Crippen LogP contribution in [-0.4, -0.2) is 44.7 Å². The van der Waals surface area contributed by atoms with Crippen molar-refractivity contribution in [3.8, 4) is 0 Å². The lowest BCUT2D eigenvalue weighted by Gasteiger charge is -2.19. The molecular weight excluding hydrogens is 448 g/mol. The molecule has 178 valence electrons. The van der Waals surface area contributed by atoms with Crippen LogP contribution in [0.5, 0.6) is 0 Å². The second kappa shape index (κ2) is 10.8. The molecule has 0 fully saturated rings. The lowest BCUT2D eigenvalue weighted by atomic mass is 10.2. The maximum absolute atomic E-state index is 12.5. The van der Waals surface area contributed by atoms with Crippen LogP contribution >= 0.6 is 0 Å². The molecule has 0 aliphatic heterocycles. The van der Waals surface area contributed by atoms with Crippen molar-refractivity contribution in [3.63, 3.8) is 0 Å². The predicted molar refractivity (Wildman–Crippen MR) is 127 cm³/mol. The number of carbonyl (C=O) groups excluding carboxylic acids is 3. The van der Waals surface area contributed by atoms with E-state index in [9.17, 15) is 22.8 Å². The van der Waals surface area contributed by atoms with Crippen LogP contribution in [0.4, 0.5) is 21.9 Å². The summed E-state index contributed by atoms with van der Waals surface area (Å²) in [4.78, 5) is 36.2. The topological polar surface area (TPSA) is 143 Å². The van der Waals surface area contributed by atoms with E-state index in [0.29, 0.717) is 22.6 Å². The molecule has 11 heteroatoms. The maximum atomic E-state index is 12.5. The third-order valence-electron chi connectivity index (χ3n) is 3.87. The van der Waals surface area contributed by atoms with Gasteiger partial charge in [0.2, 0.25) is 15.9 Å². The number of nitrogens with one attached hydrogen (secondary N) is 4. The Labute approximate surface area is 193 Å². The number of sulfonamides is 1. The molecule has 0 radical (unpaired) electrons. The number of carbonyl (C=O) groups is 3. The van der Waals surface area contributed by atoms with Gasteiger partial charge in [-0.15, -0.1) is 0 Å². The van der Waals surface area contributed by atoms with E-state index in [0.717, 1.165) is 6.26 Å². The van der Waals surface area contributed by atoms with Gasteiger partial charge in [0, 0.05) is 35.6 Å². The van der Waals surface area contributed by atoms with E-state index in [4.69, 9.17) is 4.74 Å². The molecule has 0 unspecified atom stereocenters. The van der Waals surface area contributed by atoms with Crippen LogP contribution in [0.25, 0.3) is 0 Å². The Hall–Kier alpha value is -3.60. The highest BCUT2D eigenvalue weighted by molar-refractivity contribution is 7.92. The molecule has 0 aliphatic carbocycles. The molecule has 0 saturated heterocycles. The lowest BCUT2D eigenvalue weighted by Crippen LogP contribution is -2.34. The first-order chi connectivity index (χ1) is 15.3. The normalized spacial score (nSPS) is 11.3. The van der Waals surface area contributed by atoms with Crippen molar-refractivity contribution in [1.82, 2.24) is 5.32 Å². The Balaban J connectivity index is 1.88. The van der Waals surface area contributed by atoms with E-state index in [1.165, 1.54) is 24.3 Å². The van der Waals surface area contributed by atoms with Gasteiger partial charge in [-0.3, -0.25) is 14.3 Å². The zero-order valence-electron chi connectivity index (χ0n) is 18.9. The van der Waals surface area contributed by atoms with Crippen LogP contribution in [0.1, 0.15) is 37.6 Å². The molecule has 33 heavy (non-hydrogen) atoms. The van der Waals surface area contributed by atoms with E-state index in [1.807, 2.05) is 0 Å². The molecule has 3 amide bonds. The van der Waals surface area contributed by atoms with Gasteiger partial charge < -0.3 is 20.7 Å². The Kier molecular flexibility index (Phi) is 8.41. The third kappa shape index (κ3) is 10.0. The van der Waals surface area contributed by atoms with Crippen molar-refractivity contribution in [1.29, 1.82) is 0 Å². The summed E-state index contributed by atoms with van der Waals surface area (Å²) in [6, 6.07) is 12.5. The number of ether oxygens (including phenoxy) is 1. The lowest BCUT2D eigenvalue weighted by molar-refractivity contribution is -0.116. The first kappa shape index (κ1) is 25.7. The van der Waals surface area contributed by atoms with Crippen LogP contribution in [0, 0.1) is 0 Å². The highest BCUT2D eigenvalue weighted by atomic mass is 32.2. The summed E-state index contributed by atoms with van der Waals surface area (Å²) in [7, 11) is -3.40. The van der Waals surface area contributed by atoms with Crippen LogP contribution in [0.2, 0.25) is 0 Å². The predicted octanol–water partition coefficient (Wildman–Crippen LogP) is 3.16. The Bertz CT molecular complexity index is 1110. The monoisotopic (exact) mass is 476 g/mol. The largest absolute Gasteiger partial charge is 0.444 e. The van der Waals surface area contributed by atoms with Crippen molar-refractivity contribution in [2.75, 3.05) is 28.2 Å². The maximum Gasteiger partial charge on any atom is 0.407 e. The van der Waals surface area contributed by atoms with Crippen molar-refractivity contribution in [2.45, 2.75) is 32.8 Å². The van der Waals surface area contributed by atoms with Gasteiger partial charge in [0.05, 0.1) is 6.26 Å². The minimum absolute atomic E-state index is 0.0453. The third-order valence-corrected chi connectivity index (χ3v) is 4.48. The fourth-order valence-corrected chi connectivity index (χ4v) is 3.16. The van der Waals surface area contributed by atoms with E-state index < -0.39 is 27.6 Å². The summed E-state index contributed by atoms with van der Waals surface area (Å²) in [5, 5.41) is 7.93. The molecule has 0 heterocycles. The van der Waals surface area contributed by atoms with E-state index >= 15 is 0 Å². The van der Waals surface area contributed by atoms with Gasteiger partial charge in [-0.05, 0) is 63.2 Å². The number of alkyl carbamates (subject to hydrolysis) is 1. The Morgan fingerprint density at radius 3 is 2.09 bits per heavy atom. The number of rotatable bonds is 8. The number of hydrogen-bond donors (Lipinski definition) is 4. The number of anilines is 3. The SMILES string of the molecule is CC(C)(C)OC(=O)NCCC(=O)Nc1cccc(NC(=O)c2ccc(NS(C)(=O)=O)cc2)c1. The average molecular weight is 477 g/mol. The quantitative estimate of drug-likeness (QED) is 0.461. The molecule has 2 aromatic carbocycles. The zero-order valence-corrected chi connectivity index (χ0v) is 19.7. The number of benzene rings is 2. The molecule has 0 bridgehead atoms. The standard InChI is InChI=1S/C22H28N4O6S/c1-22(2,3)32-21(29)23-13-12-19(27)24-17-6-5-7-18(14-17)25-20(28)15-8-10-16(11-9-15)26-33(4,30)31/h5-11,14,26H,12-13H2,1-4H3,(H,23,29)(H,24,27)(H,25,28). The first-order valence-corrected chi connectivity index (χ1v) is 12.0. The van der Waals surface area contributed by atoms with Crippen molar-refractivity contribution >= 4 is 45.0 Å². The summed E-state index contributed by atoms with van der Waals surface area (Å²) in [6.07, 6.45) is 0.487. The highest BCUT2D eigenvalue weighted by Crippen LogP contribution is 2.17. The van der Waals surface area contributed by atoms with Crippen LogP contribution in [0.15, 0.2) is 48.5 Å². The average Bonchev–Trinajstić information content (AvgIpc) is 2.66. The summed E-state index contributed by atoms with van der Waals surface area (Å²) in [6.45, 7) is 5.35. The summed E-state index contributed by atoms with van der Waals surface area (Å²) < 4.78 is 30.0. The van der Waals surface area contributed by atoms with Crippen LogP contribution in [-0.2, 0) is 19.6 Å². The molecule has 0 aliphatic rings. The van der Waals surface area contributed by atoms with Crippen molar-refractivity contribution < 1.29 is 27.5 Å². The molecule has 0 aromatic heterocycles. The van der Waals surface area contributed by atoms with Gasteiger partial charge >= 0.3 is 6.09 Å². The van der Waals surface area contributed by atoms with Gasteiger partial charge in [0.25, 0.3) is 5.91 Å². The fraction of sp³-hybridized carbons (Fsp3) is 0.318. The first-order valence-electron chi connectivity index (χ1n) is 10.1. The van der Waals surface area contributed by atoms with Gasteiger partial charge in [0.15, 0.2) is 0 Å². The molecule has 2 rings (SSSR count). The minimum Gasteiger partial charge on any atom is -0.444 e. The van der Waals surface area contributed by atoms with E-state index in [1.54, 1.807) is 45.0 Å². The van der Waals surface area contributed by atoms with Gasteiger partial charge in [0.1, 0.15) is 5.60 Å². The molecule has 0 saturated carbocycles. The van der Waals surface area contributed by atoms with E-state index in [2.05, 4.69) is 20.7 Å². The molecule has 10 nitrogen and oxygen atoms in total. The molecule has 0 atom stereocenters. The van der Waals surface area contributed by atoms with E-state index in [-0.39, 0.29) is 18.9 Å². The molecule has 4 N–H and O–H groups in total. The fourth-order valence-electron chi connectivity index (χ4n) is 2.60. The van der Waals surface area contributed by atoms with Crippen LogP contribution < -0.4 is 20.7 Å². The van der Waals surface area contributed by atoms with Gasteiger partial charge in [-0.2, -0.15) is 0 Å². The van der Waals surface area contributed by atoms with Crippen molar-refractivity contribution in [3.05, 3.63) is 54.1 Å². The molecular formula is C22H28N4O6S. The Morgan fingerprint density at radius 1 is 0.909 bits per heavy atom. The number of hydrogen-bond acceptors (Lipinski definition) is 6. The zero-order chi connectivity index (χ0) is 24.6. The second-order valence-electron chi connectivity index (χ2n) is 8.21. The number of amides is 3. The van der Waals surface area contributed by atoms with Gasteiger partial charge in [-0.1, -0.05) is 6.07 Å². The smallest absolute Gasteiger partial charge is 0.407 e.